The van der Waals surface area contributed by atoms with Crippen molar-refractivity contribution in [3.05, 3.63) is 35.2 Å². The lowest BCUT2D eigenvalue weighted by molar-refractivity contribution is 0.415. The van der Waals surface area contributed by atoms with Crippen LogP contribution in [0.15, 0.2) is 24.4 Å². The quantitative estimate of drug-likeness (QED) is 0.923. The van der Waals surface area contributed by atoms with Crippen LogP contribution in [0.3, 0.4) is 0 Å². The van der Waals surface area contributed by atoms with Gasteiger partial charge < -0.3 is 15.0 Å². The molecule has 0 bridgehead atoms. The van der Waals surface area contributed by atoms with E-state index in [9.17, 15) is 0 Å². The molecule has 2 rings (SSSR count). The number of hydrogen-bond acceptors (Lipinski definition) is 3. The van der Waals surface area contributed by atoms with E-state index in [1.807, 2.05) is 29.9 Å². The number of nitrogens with two attached hydrogens (primary N) is 1. The van der Waals surface area contributed by atoms with Crippen LogP contribution in [0.25, 0.3) is 11.3 Å². The number of methoxy groups -OCH3 is 1. The first kappa shape index (κ1) is 12.9. The number of nitrogens with zero attached hydrogens (tertiary/aromatic N) is 2. The lowest BCUT2D eigenvalue weighted by Gasteiger charge is -2.08. The van der Waals surface area contributed by atoms with Gasteiger partial charge in [0.05, 0.1) is 24.0 Å². The first-order chi connectivity index (χ1) is 8.67. The molecule has 0 amide bonds. The summed E-state index contributed by atoms with van der Waals surface area (Å²) < 4.78 is 7.15. The van der Waals surface area contributed by atoms with Crippen LogP contribution in [0, 0.1) is 0 Å². The molecule has 2 N–H and O–H groups in total. The van der Waals surface area contributed by atoms with Crippen LogP contribution in [-0.4, -0.2) is 23.2 Å². The second kappa shape index (κ2) is 5.42. The summed E-state index contributed by atoms with van der Waals surface area (Å²) in [4.78, 5) is 4.36. The van der Waals surface area contributed by atoms with Gasteiger partial charge in [0.15, 0.2) is 0 Å². The molecule has 1 aromatic heterocycles. The van der Waals surface area contributed by atoms with E-state index >= 15 is 0 Å². The third-order valence-corrected chi connectivity index (χ3v) is 3.22. The predicted octanol–water partition coefficient (Wildman–Crippen LogP) is 2.25. The summed E-state index contributed by atoms with van der Waals surface area (Å²) in [7, 11) is 3.59. The van der Waals surface area contributed by atoms with Crippen molar-refractivity contribution >= 4 is 11.6 Å². The van der Waals surface area contributed by atoms with Crippen molar-refractivity contribution in [2.24, 2.45) is 12.8 Å². The number of rotatable bonds is 4. The second-order valence-electron chi connectivity index (χ2n) is 4.00. The Balaban J connectivity index is 2.42. The number of halogens is 1. The molecule has 1 heterocycles. The Labute approximate surface area is 111 Å². The predicted molar refractivity (Wildman–Crippen MR) is 73.0 cm³/mol. The molecule has 18 heavy (non-hydrogen) atoms. The van der Waals surface area contributed by atoms with Gasteiger partial charge in [-0.25, -0.2) is 4.98 Å². The molecule has 0 saturated heterocycles. The number of aromatic nitrogens is 2. The first-order valence-corrected chi connectivity index (χ1v) is 6.09. The summed E-state index contributed by atoms with van der Waals surface area (Å²) in [5.41, 5.74) is 7.47. The Morgan fingerprint density at radius 2 is 2.22 bits per heavy atom. The van der Waals surface area contributed by atoms with E-state index in [1.165, 1.54) is 0 Å². The molecule has 0 atom stereocenters. The average Bonchev–Trinajstić information content (AvgIpc) is 2.72. The van der Waals surface area contributed by atoms with Gasteiger partial charge >= 0.3 is 0 Å². The van der Waals surface area contributed by atoms with Gasteiger partial charge in [0.2, 0.25) is 0 Å². The molecule has 0 unspecified atom stereocenters. The minimum atomic E-state index is 0.584. The number of benzene rings is 1. The van der Waals surface area contributed by atoms with E-state index in [1.54, 1.807) is 13.2 Å². The Morgan fingerprint density at radius 3 is 2.83 bits per heavy atom. The largest absolute Gasteiger partial charge is 0.497 e. The smallest absolute Gasteiger partial charge is 0.120 e. The number of ether oxygens (including phenoxy) is 1. The first-order valence-electron chi connectivity index (χ1n) is 5.72. The Bertz CT molecular complexity index is 551. The summed E-state index contributed by atoms with van der Waals surface area (Å²) in [6.45, 7) is 0.584. The summed E-state index contributed by atoms with van der Waals surface area (Å²) >= 11 is 6.26. The molecule has 0 saturated carbocycles. The zero-order valence-corrected chi connectivity index (χ0v) is 11.2. The van der Waals surface area contributed by atoms with Crippen molar-refractivity contribution in [2.75, 3.05) is 13.7 Å². The van der Waals surface area contributed by atoms with E-state index in [2.05, 4.69) is 4.98 Å². The van der Waals surface area contributed by atoms with Crippen molar-refractivity contribution in [3.8, 4) is 17.0 Å². The monoisotopic (exact) mass is 265 g/mol. The summed E-state index contributed by atoms with van der Waals surface area (Å²) in [6, 6.07) is 5.62. The number of hydrogen-bond donors (Lipinski definition) is 1. The maximum Gasteiger partial charge on any atom is 0.120 e. The molecule has 4 nitrogen and oxygen atoms in total. The second-order valence-corrected chi connectivity index (χ2v) is 4.41. The van der Waals surface area contributed by atoms with Crippen LogP contribution < -0.4 is 10.5 Å². The highest BCUT2D eigenvalue weighted by Gasteiger charge is 2.11. The molecule has 0 aliphatic rings. The molecule has 0 aliphatic heterocycles. The maximum absolute atomic E-state index is 6.26. The van der Waals surface area contributed by atoms with Gasteiger partial charge in [-0.15, -0.1) is 0 Å². The summed E-state index contributed by atoms with van der Waals surface area (Å²) in [6.07, 6.45) is 2.57. The van der Waals surface area contributed by atoms with E-state index in [0.29, 0.717) is 11.6 Å². The lowest BCUT2D eigenvalue weighted by atomic mass is 10.1. The van der Waals surface area contributed by atoms with E-state index in [4.69, 9.17) is 22.1 Å². The molecule has 5 heteroatoms. The van der Waals surface area contributed by atoms with Crippen LogP contribution in [0.2, 0.25) is 5.02 Å². The molecule has 0 spiro atoms. The third-order valence-electron chi connectivity index (χ3n) is 2.90. The van der Waals surface area contributed by atoms with Crippen LogP contribution in [-0.2, 0) is 13.5 Å². The van der Waals surface area contributed by atoms with E-state index in [-0.39, 0.29) is 0 Å². The zero-order valence-electron chi connectivity index (χ0n) is 10.5. The number of imidazole rings is 1. The fourth-order valence-electron chi connectivity index (χ4n) is 1.89. The van der Waals surface area contributed by atoms with Crippen molar-refractivity contribution in [1.82, 2.24) is 9.55 Å². The van der Waals surface area contributed by atoms with Crippen molar-refractivity contribution < 1.29 is 4.74 Å². The van der Waals surface area contributed by atoms with Crippen molar-refractivity contribution in [1.29, 1.82) is 0 Å². The minimum Gasteiger partial charge on any atom is -0.497 e. The van der Waals surface area contributed by atoms with Crippen LogP contribution in [0.1, 0.15) is 5.82 Å². The minimum absolute atomic E-state index is 0.584. The molecule has 1 aromatic carbocycles. The van der Waals surface area contributed by atoms with Gasteiger partial charge in [0, 0.05) is 19.0 Å². The van der Waals surface area contributed by atoms with Gasteiger partial charge in [0.1, 0.15) is 11.6 Å². The highest BCUT2D eigenvalue weighted by molar-refractivity contribution is 6.33. The SMILES string of the molecule is COc1ccc(-c2cnc(CCN)n2C)c(Cl)c1. The van der Waals surface area contributed by atoms with Crippen LogP contribution in [0.5, 0.6) is 5.75 Å². The van der Waals surface area contributed by atoms with Crippen LogP contribution >= 0.6 is 11.6 Å². The molecule has 0 radical (unpaired) electrons. The van der Waals surface area contributed by atoms with Gasteiger partial charge in [-0.05, 0) is 24.7 Å². The maximum atomic E-state index is 6.26. The molecular formula is C13H16ClN3O. The standard InChI is InChI=1S/C13H16ClN3O/c1-17-12(8-16-13(17)5-6-15)10-4-3-9(18-2)7-11(10)14/h3-4,7-8H,5-6,15H2,1-2H3. The lowest BCUT2D eigenvalue weighted by Crippen LogP contribution is -2.08. The van der Waals surface area contributed by atoms with Crippen molar-refractivity contribution in [3.63, 3.8) is 0 Å². The Morgan fingerprint density at radius 1 is 1.44 bits per heavy atom. The molecular weight excluding hydrogens is 250 g/mol. The summed E-state index contributed by atoms with van der Waals surface area (Å²) in [5.74, 6) is 1.70. The van der Waals surface area contributed by atoms with Gasteiger partial charge in [-0.2, -0.15) is 0 Å². The highest BCUT2D eigenvalue weighted by atomic mass is 35.5. The van der Waals surface area contributed by atoms with Crippen molar-refractivity contribution in [2.45, 2.75) is 6.42 Å². The normalized spacial score (nSPS) is 10.7. The van der Waals surface area contributed by atoms with E-state index < -0.39 is 0 Å². The Kier molecular flexibility index (Phi) is 3.89. The zero-order chi connectivity index (χ0) is 13.1. The fraction of sp³-hybridized carbons (Fsp3) is 0.308. The highest BCUT2D eigenvalue weighted by Crippen LogP contribution is 2.31. The Hall–Kier alpha value is -1.52. The van der Waals surface area contributed by atoms with Gasteiger partial charge in [0.25, 0.3) is 0 Å². The van der Waals surface area contributed by atoms with Gasteiger partial charge in [-0.1, -0.05) is 11.6 Å². The molecule has 0 fully saturated rings. The average molecular weight is 266 g/mol. The fourth-order valence-corrected chi connectivity index (χ4v) is 2.16. The molecule has 2 aromatic rings. The van der Waals surface area contributed by atoms with Gasteiger partial charge in [-0.3, -0.25) is 0 Å². The molecule has 0 aliphatic carbocycles. The van der Waals surface area contributed by atoms with E-state index in [0.717, 1.165) is 29.3 Å². The summed E-state index contributed by atoms with van der Waals surface area (Å²) in [5, 5.41) is 0.650. The molecule has 96 valence electrons. The topological polar surface area (TPSA) is 53.1 Å². The van der Waals surface area contributed by atoms with Crippen LogP contribution in [0.4, 0.5) is 0 Å². The third kappa shape index (κ3) is 2.35.